The molecular formula is C25H29ClN2O5. The Bertz CT molecular complexity index is 1140. The fourth-order valence-corrected chi connectivity index (χ4v) is 4.43. The summed E-state index contributed by atoms with van der Waals surface area (Å²) < 4.78 is 22.6. The van der Waals surface area contributed by atoms with E-state index < -0.39 is 5.97 Å². The van der Waals surface area contributed by atoms with Crippen LogP contribution in [0.2, 0.25) is 5.02 Å². The van der Waals surface area contributed by atoms with Crippen molar-refractivity contribution in [2.75, 3.05) is 40.0 Å². The smallest absolute Gasteiger partial charge is 0.342 e. The van der Waals surface area contributed by atoms with Gasteiger partial charge >= 0.3 is 5.97 Å². The molecule has 0 spiro atoms. The standard InChI is InChI=1S/C25H29ClN2O5/c1-4-31-25(29)22-23(26)17-14-20(30-3)21(32-13-7-12-28-10-5-6-11-28)15-18(17)27-24(22)19-9-8-16(2)33-19/h8-9,14-15H,4-7,10-13H2,1-3H3. The predicted molar refractivity (Wildman–Crippen MR) is 127 cm³/mol. The first kappa shape index (κ1) is 23.4. The second-order valence-corrected chi connectivity index (χ2v) is 8.43. The Kier molecular flexibility index (Phi) is 7.40. The average Bonchev–Trinajstić information content (AvgIpc) is 3.48. The van der Waals surface area contributed by atoms with Crippen LogP contribution < -0.4 is 9.47 Å². The fourth-order valence-electron chi connectivity index (χ4n) is 4.11. The van der Waals surface area contributed by atoms with Gasteiger partial charge in [-0.15, -0.1) is 0 Å². The molecule has 1 saturated heterocycles. The van der Waals surface area contributed by atoms with Crippen LogP contribution in [0.15, 0.2) is 28.7 Å². The highest BCUT2D eigenvalue weighted by molar-refractivity contribution is 6.39. The van der Waals surface area contributed by atoms with Gasteiger partial charge < -0.3 is 23.5 Å². The lowest BCUT2D eigenvalue weighted by atomic mass is 10.1. The third-order valence-corrected chi connectivity index (χ3v) is 6.13. The van der Waals surface area contributed by atoms with E-state index in [9.17, 15) is 4.79 Å². The summed E-state index contributed by atoms with van der Waals surface area (Å²) in [4.78, 5) is 19.9. The number of likely N-dealkylation sites (tertiary alicyclic amines) is 1. The Balaban J connectivity index is 1.70. The van der Waals surface area contributed by atoms with E-state index in [1.165, 1.54) is 25.9 Å². The zero-order chi connectivity index (χ0) is 23.4. The van der Waals surface area contributed by atoms with Gasteiger partial charge in [0.2, 0.25) is 0 Å². The Morgan fingerprint density at radius 1 is 1.21 bits per heavy atom. The third kappa shape index (κ3) is 5.09. The number of fused-ring (bicyclic) bond motifs is 1. The van der Waals surface area contributed by atoms with Crippen molar-refractivity contribution in [1.29, 1.82) is 0 Å². The van der Waals surface area contributed by atoms with Crippen molar-refractivity contribution < 1.29 is 23.4 Å². The molecule has 33 heavy (non-hydrogen) atoms. The zero-order valence-electron chi connectivity index (χ0n) is 19.3. The normalized spacial score (nSPS) is 14.1. The van der Waals surface area contributed by atoms with E-state index in [4.69, 9.17) is 35.2 Å². The van der Waals surface area contributed by atoms with Crippen molar-refractivity contribution in [1.82, 2.24) is 9.88 Å². The SMILES string of the molecule is CCOC(=O)c1c(-c2ccc(C)o2)nc2cc(OCCCN3CCCC3)c(OC)cc2c1Cl. The topological polar surface area (TPSA) is 74.0 Å². The number of esters is 1. The molecular weight excluding hydrogens is 444 g/mol. The van der Waals surface area contributed by atoms with Crippen LogP contribution in [0.4, 0.5) is 0 Å². The summed E-state index contributed by atoms with van der Waals surface area (Å²) in [5.41, 5.74) is 1.08. The molecule has 0 unspecified atom stereocenters. The number of carbonyl (C=O) groups excluding carboxylic acids is 1. The number of hydrogen-bond donors (Lipinski definition) is 0. The van der Waals surface area contributed by atoms with Crippen molar-refractivity contribution in [3.63, 3.8) is 0 Å². The summed E-state index contributed by atoms with van der Waals surface area (Å²) in [5.74, 6) is 1.71. The lowest BCUT2D eigenvalue weighted by molar-refractivity contribution is 0.0527. The van der Waals surface area contributed by atoms with Gasteiger partial charge in [-0.25, -0.2) is 9.78 Å². The first-order valence-corrected chi connectivity index (χ1v) is 11.7. The van der Waals surface area contributed by atoms with Crippen LogP contribution in [-0.4, -0.2) is 55.8 Å². The number of methoxy groups -OCH3 is 1. The number of pyridine rings is 1. The summed E-state index contributed by atoms with van der Waals surface area (Å²) in [6.45, 7) is 7.71. The molecule has 3 aromatic rings. The first-order valence-electron chi connectivity index (χ1n) is 11.3. The molecule has 3 heterocycles. The van der Waals surface area contributed by atoms with Gasteiger partial charge in [0.05, 0.1) is 30.9 Å². The van der Waals surface area contributed by atoms with E-state index in [2.05, 4.69) is 4.90 Å². The number of furan rings is 1. The summed E-state index contributed by atoms with van der Waals surface area (Å²) in [5, 5.41) is 0.814. The molecule has 1 aliphatic rings. The van der Waals surface area contributed by atoms with Gasteiger partial charge in [-0.1, -0.05) is 11.6 Å². The largest absolute Gasteiger partial charge is 0.493 e. The van der Waals surface area contributed by atoms with E-state index in [1.54, 1.807) is 32.2 Å². The minimum atomic E-state index is -0.554. The minimum absolute atomic E-state index is 0.168. The predicted octanol–water partition coefficient (Wildman–Crippen LogP) is 5.51. The van der Waals surface area contributed by atoms with E-state index >= 15 is 0 Å². The lowest BCUT2D eigenvalue weighted by Gasteiger charge is -2.17. The second-order valence-electron chi connectivity index (χ2n) is 8.05. The van der Waals surface area contributed by atoms with Gasteiger partial charge in [0, 0.05) is 18.0 Å². The Morgan fingerprint density at radius 2 is 2.00 bits per heavy atom. The fraction of sp³-hybridized carbons (Fsp3) is 0.440. The maximum Gasteiger partial charge on any atom is 0.342 e. The van der Waals surface area contributed by atoms with Crippen LogP contribution in [0.5, 0.6) is 11.5 Å². The Morgan fingerprint density at radius 3 is 2.67 bits per heavy atom. The number of ether oxygens (including phenoxy) is 3. The van der Waals surface area contributed by atoms with Crippen LogP contribution >= 0.6 is 11.6 Å². The number of carbonyl (C=O) groups is 1. The molecule has 176 valence electrons. The number of benzene rings is 1. The molecule has 0 atom stereocenters. The molecule has 0 N–H and O–H groups in total. The lowest BCUT2D eigenvalue weighted by Crippen LogP contribution is -2.21. The minimum Gasteiger partial charge on any atom is -0.493 e. The molecule has 1 aromatic carbocycles. The average molecular weight is 473 g/mol. The molecule has 0 aliphatic carbocycles. The molecule has 7 nitrogen and oxygen atoms in total. The van der Waals surface area contributed by atoms with Crippen LogP contribution in [0.3, 0.4) is 0 Å². The van der Waals surface area contributed by atoms with Crippen molar-refractivity contribution in [3.8, 4) is 23.0 Å². The molecule has 1 fully saturated rings. The number of aromatic nitrogens is 1. The Labute approximate surface area is 198 Å². The third-order valence-electron chi connectivity index (χ3n) is 5.74. The van der Waals surface area contributed by atoms with Crippen molar-refractivity contribution in [2.24, 2.45) is 0 Å². The highest BCUT2D eigenvalue weighted by atomic mass is 35.5. The first-order chi connectivity index (χ1) is 16.0. The van der Waals surface area contributed by atoms with Crippen LogP contribution in [-0.2, 0) is 4.74 Å². The van der Waals surface area contributed by atoms with Gasteiger partial charge in [-0.05, 0) is 64.4 Å². The maximum absolute atomic E-state index is 12.8. The van der Waals surface area contributed by atoms with E-state index in [0.717, 1.165) is 13.0 Å². The molecule has 0 bridgehead atoms. The van der Waals surface area contributed by atoms with Crippen molar-refractivity contribution in [3.05, 3.63) is 40.6 Å². The quantitative estimate of drug-likeness (QED) is 0.300. The Hall–Kier alpha value is -2.77. The van der Waals surface area contributed by atoms with Crippen LogP contribution in [0.25, 0.3) is 22.4 Å². The molecule has 8 heteroatoms. The number of nitrogens with zero attached hydrogens (tertiary/aromatic N) is 2. The highest BCUT2D eigenvalue weighted by Crippen LogP contribution is 2.40. The number of hydrogen-bond acceptors (Lipinski definition) is 7. The molecule has 0 saturated carbocycles. The van der Waals surface area contributed by atoms with Gasteiger partial charge in [0.1, 0.15) is 17.0 Å². The van der Waals surface area contributed by atoms with Gasteiger partial charge in [0.15, 0.2) is 17.3 Å². The van der Waals surface area contributed by atoms with E-state index in [1.807, 2.05) is 13.0 Å². The monoisotopic (exact) mass is 472 g/mol. The highest BCUT2D eigenvalue weighted by Gasteiger charge is 2.25. The van der Waals surface area contributed by atoms with Gasteiger partial charge in [-0.2, -0.15) is 0 Å². The number of aryl methyl sites for hydroxylation is 1. The van der Waals surface area contributed by atoms with Crippen LogP contribution in [0.1, 0.15) is 42.3 Å². The zero-order valence-corrected chi connectivity index (χ0v) is 20.0. The van der Waals surface area contributed by atoms with Gasteiger partial charge in [-0.3, -0.25) is 0 Å². The van der Waals surface area contributed by atoms with E-state index in [0.29, 0.717) is 46.2 Å². The van der Waals surface area contributed by atoms with E-state index in [-0.39, 0.29) is 17.2 Å². The molecule has 1 aliphatic heterocycles. The summed E-state index contributed by atoms with van der Waals surface area (Å²) in [6, 6.07) is 7.12. The second kappa shape index (κ2) is 10.4. The molecule has 0 radical (unpaired) electrons. The van der Waals surface area contributed by atoms with Gasteiger partial charge in [0.25, 0.3) is 0 Å². The van der Waals surface area contributed by atoms with Crippen LogP contribution in [0, 0.1) is 6.92 Å². The number of rotatable bonds is 9. The summed E-state index contributed by atoms with van der Waals surface area (Å²) in [6.07, 6.45) is 3.47. The molecule has 4 rings (SSSR count). The van der Waals surface area contributed by atoms with Crippen molar-refractivity contribution >= 4 is 28.5 Å². The summed E-state index contributed by atoms with van der Waals surface area (Å²) >= 11 is 6.73. The summed E-state index contributed by atoms with van der Waals surface area (Å²) in [7, 11) is 1.58. The number of halogens is 1. The maximum atomic E-state index is 12.8. The van der Waals surface area contributed by atoms with Crippen molar-refractivity contribution in [2.45, 2.75) is 33.1 Å². The molecule has 0 amide bonds. The molecule has 2 aromatic heterocycles.